The van der Waals surface area contributed by atoms with Gasteiger partial charge in [-0.1, -0.05) is 11.2 Å². The first-order chi connectivity index (χ1) is 13.3. The first-order valence-electron chi connectivity index (χ1n) is 8.87. The van der Waals surface area contributed by atoms with E-state index in [0.717, 1.165) is 41.2 Å². The summed E-state index contributed by atoms with van der Waals surface area (Å²) in [5, 5.41) is 5.02. The van der Waals surface area contributed by atoms with E-state index in [1.807, 2.05) is 30.3 Å². The molecule has 1 aliphatic rings. The van der Waals surface area contributed by atoms with Crippen molar-refractivity contribution >= 4 is 16.3 Å². The van der Waals surface area contributed by atoms with Gasteiger partial charge in [0.15, 0.2) is 0 Å². The lowest BCUT2D eigenvalue weighted by atomic mass is 9.87. The van der Waals surface area contributed by atoms with Crippen LogP contribution >= 0.6 is 11.3 Å². The van der Waals surface area contributed by atoms with Crippen LogP contribution in [0, 0.1) is 0 Å². The predicted molar refractivity (Wildman–Crippen MR) is 104 cm³/mol. The van der Waals surface area contributed by atoms with Gasteiger partial charge in [0, 0.05) is 22.8 Å². The van der Waals surface area contributed by atoms with E-state index in [4.69, 9.17) is 10.3 Å². The molecule has 1 aliphatic carbocycles. The van der Waals surface area contributed by atoms with Gasteiger partial charge in [0.2, 0.25) is 11.7 Å². The minimum absolute atomic E-state index is 0.129. The predicted octanol–water partition coefficient (Wildman–Crippen LogP) is 4.31. The second kappa shape index (κ2) is 6.59. The Morgan fingerprint density at radius 3 is 2.85 bits per heavy atom. The van der Waals surface area contributed by atoms with E-state index in [1.165, 1.54) is 10.4 Å². The zero-order valence-electron chi connectivity index (χ0n) is 14.5. The highest BCUT2D eigenvalue weighted by molar-refractivity contribution is 7.16. The Kier molecular flexibility index (Phi) is 3.94. The van der Waals surface area contributed by atoms with Crippen LogP contribution in [0.3, 0.4) is 0 Å². The highest BCUT2D eigenvalue weighted by Gasteiger charge is 2.28. The van der Waals surface area contributed by atoms with Gasteiger partial charge >= 0.3 is 0 Å². The molecule has 0 aromatic carbocycles. The molecule has 0 fully saturated rings. The monoisotopic (exact) mass is 375 g/mol. The third kappa shape index (κ3) is 3.00. The van der Waals surface area contributed by atoms with Crippen LogP contribution in [-0.2, 0) is 6.42 Å². The molecule has 6 nitrogen and oxygen atoms in total. The number of hydrogen-bond acceptors (Lipinski definition) is 7. The van der Waals surface area contributed by atoms with Gasteiger partial charge in [-0.15, -0.1) is 11.3 Å². The van der Waals surface area contributed by atoms with Crippen LogP contribution < -0.4 is 5.73 Å². The lowest BCUT2D eigenvalue weighted by Gasteiger charge is -2.18. The van der Waals surface area contributed by atoms with Crippen LogP contribution in [0.15, 0.2) is 53.3 Å². The quantitative estimate of drug-likeness (QED) is 0.574. The van der Waals surface area contributed by atoms with Crippen LogP contribution in [0.1, 0.15) is 35.1 Å². The van der Waals surface area contributed by atoms with Crippen molar-refractivity contribution in [1.29, 1.82) is 0 Å². The molecule has 4 heterocycles. The van der Waals surface area contributed by atoms with E-state index in [-0.39, 0.29) is 5.92 Å². The SMILES string of the molecule is Nc1cc2c(s1)CCCC2c1nc(-c2ccc(-c3ccccn3)nc2)no1. The zero-order valence-corrected chi connectivity index (χ0v) is 15.3. The van der Waals surface area contributed by atoms with E-state index >= 15 is 0 Å². The van der Waals surface area contributed by atoms with Gasteiger partial charge in [0.05, 0.1) is 22.3 Å². The number of aromatic nitrogens is 4. The minimum atomic E-state index is 0.129. The average molecular weight is 375 g/mol. The Morgan fingerprint density at radius 2 is 2.04 bits per heavy atom. The van der Waals surface area contributed by atoms with E-state index in [1.54, 1.807) is 23.7 Å². The van der Waals surface area contributed by atoms with Crippen LogP contribution in [0.25, 0.3) is 22.8 Å². The van der Waals surface area contributed by atoms with E-state index in [2.05, 4.69) is 26.2 Å². The molecule has 0 bridgehead atoms. The number of thiophene rings is 1. The summed E-state index contributed by atoms with van der Waals surface area (Å²) in [6.07, 6.45) is 6.70. The Balaban J connectivity index is 1.43. The van der Waals surface area contributed by atoms with Crippen molar-refractivity contribution in [1.82, 2.24) is 20.1 Å². The van der Waals surface area contributed by atoms with Gasteiger partial charge in [-0.2, -0.15) is 4.98 Å². The van der Waals surface area contributed by atoms with Crippen molar-refractivity contribution in [3.05, 3.63) is 65.1 Å². The summed E-state index contributed by atoms with van der Waals surface area (Å²) in [6, 6.07) is 11.7. The second-order valence-corrected chi connectivity index (χ2v) is 7.74. The molecule has 134 valence electrons. The standard InChI is InChI=1S/C20H17N5OS/c21-18-10-14-13(4-3-6-17(14)27-18)20-24-19(25-26-20)12-7-8-16(23-11-12)15-5-1-2-9-22-15/h1-2,5,7-11,13H,3-4,6,21H2. The number of nitrogen functional groups attached to an aromatic ring is 1. The molecule has 0 aliphatic heterocycles. The Labute approximate surface area is 160 Å². The van der Waals surface area contributed by atoms with Crippen molar-refractivity contribution < 1.29 is 4.52 Å². The third-order valence-electron chi connectivity index (χ3n) is 4.82. The molecule has 5 rings (SSSR count). The topological polar surface area (TPSA) is 90.7 Å². The lowest BCUT2D eigenvalue weighted by Crippen LogP contribution is -2.08. The molecular formula is C20H17N5OS. The molecule has 27 heavy (non-hydrogen) atoms. The Bertz CT molecular complexity index is 1070. The highest BCUT2D eigenvalue weighted by atomic mass is 32.1. The van der Waals surface area contributed by atoms with Crippen molar-refractivity contribution in [3.63, 3.8) is 0 Å². The van der Waals surface area contributed by atoms with E-state index in [0.29, 0.717) is 11.7 Å². The number of nitrogens with two attached hydrogens (primary N) is 1. The molecule has 0 saturated carbocycles. The van der Waals surface area contributed by atoms with Gasteiger partial charge < -0.3 is 10.3 Å². The minimum Gasteiger partial charge on any atom is -0.391 e. The number of anilines is 1. The molecule has 7 heteroatoms. The summed E-state index contributed by atoms with van der Waals surface area (Å²) in [7, 11) is 0. The fourth-order valence-corrected chi connectivity index (χ4v) is 4.56. The second-order valence-electron chi connectivity index (χ2n) is 6.58. The Morgan fingerprint density at radius 1 is 1.11 bits per heavy atom. The van der Waals surface area contributed by atoms with Gasteiger partial charge in [-0.25, -0.2) is 0 Å². The number of fused-ring (bicyclic) bond motifs is 1. The molecular weight excluding hydrogens is 358 g/mol. The summed E-state index contributed by atoms with van der Waals surface area (Å²) >= 11 is 1.66. The molecule has 0 amide bonds. The molecule has 1 atom stereocenters. The average Bonchev–Trinajstić information content (AvgIpc) is 3.34. The Hall–Kier alpha value is -3.06. The molecule has 2 N–H and O–H groups in total. The smallest absolute Gasteiger partial charge is 0.234 e. The number of pyridine rings is 2. The zero-order chi connectivity index (χ0) is 18.2. The summed E-state index contributed by atoms with van der Waals surface area (Å²) in [4.78, 5) is 14.8. The fraction of sp³-hybridized carbons (Fsp3) is 0.200. The highest BCUT2D eigenvalue weighted by Crippen LogP contribution is 2.41. The fourth-order valence-electron chi connectivity index (χ4n) is 3.52. The number of aryl methyl sites for hydroxylation is 1. The van der Waals surface area contributed by atoms with Crippen molar-refractivity contribution in [2.24, 2.45) is 0 Å². The summed E-state index contributed by atoms with van der Waals surface area (Å²) in [6.45, 7) is 0. The van der Waals surface area contributed by atoms with Crippen LogP contribution in [0.4, 0.5) is 5.00 Å². The van der Waals surface area contributed by atoms with Crippen molar-refractivity contribution in [3.8, 4) is 22.8 Å². The largest absolute Gasteiger partial charge is 0.391 e. The van der Waals surface area contributed by atoms with Crippen LogP contribution in [0.5, 0.6) is 0 Å². The van der Waals surface area contributed by atoms with Gasteiger partial charge in [-0.3, -0.25) is 9.97 Å². The number of rotatable bonds is 3. The number of hydrogen-bond donors (Lipinski definition) is 1. The van der Waals surface area contributed by atoms with Crippen molar-refractivity contribution in [2.45, 2.75) is 25.2 Å². The van der Waals surface area contributed by atoms with Gasteiger partial charge in [0.1, 0.15) is 0 Å². The van der Waals surface area contributed by atoms with Crippen LogP contribution in [-0.4, -0.2) is 20.1 Å². The first kappa shape index (κ1) is 16.1. The maximum atomic E-state index is 6.00. The maximum Gasteiger partial charge on any atom is 0.234 e. The van der Waals surface area contributed by atoms with Crippen LogP contribution in [0.2, 0.25) is 0 Å². The van der Waals surface area contributed by atoms with Gasteiger partial charge in [-0.05, 0) is 55.2 Å². The summed E-state index contributed by atoms with van der Waals surface area (Å²) in [5.41, 5.74) is 9.71. The molecule has 4 aromatic rings. The third-order valence-corrected chi connectivity index (χ3v) is 5.86. The van der Waals surface area contributed by atoms with Gasteiger partial charge in [0.25, 0.3) is 0 Å². The van der Waals surface area contributed by atoms with Crippen molar-refractivity contribution in [2.75, 3.05) is 5.73 Å². The van der Waals surface area contributed by atoms with E-state index in [9.17, 15) is 0 Å². The molecule has 1 unspecified atom stereocenters. The maximum absolute atomic E-state index is 6.00. The summed E-state index contributed by atoms with van der Waals surface area (Å²) in [5.74, 6) is 1.34. The lowest BCUT2D eigenvalue weighted by molar-refractivity contribution is 0.355. The summed E-state index contributed by atoms with van der Waals surface area (Å²) < 4.78 is 5.60. The molecule has 4 aromatic heterocycles. The normalized spacial score (nSPS) is 16.2. The molecule has 0 saturated heterocycles. The first-order valence-corrected chi connectivity index (χ1v) is 9.69. The molecule has 0 spiro atoms. The van der Waals surface area contributed by atoms with E-state index < -0.39 is 0 Å². The molecule has 0 radical (unpaired) electrons. The number of nitrogens with zero attached hydrogens (tertiary/aromatic N) is 4.